The highest BCUT2D eigenvalue weighted by Crippen LogP contribution is 2.37. The van der Waals surface area contributed by atoms with Gasteiger partial charge < -0.3 is 10.5 Å². The summed E-state index contributed by atoms with van der Waals surface area (Å²) in [5.74, 6) is 1.20. The Morgan fingerprint density at radius 1 is 1.67 bits per heavy atom. The molecule has 0 radical (unpaired) electrons. The summed E-state index contributed by atoms with van der Waals surface area (Å²) in [6.07, 6.45) is 4.84. The van der Waals surface area contributed by atoms with Gasteiger partial charge in [-0.2, -0.15) is 11.8 Å². The number of nitrogens with two attached hydrogens (primary N) is 1. The van der Waals surface area contributed by atoms with E-state index >= 15 is 0 Å². The van der Waals surface area contributed by atoms with Crippen molar-refractivity contribution in [1.29, 1.82) is 0 Å². The molecule has 0 aromatic heterocycles. The fraction of sp³-hybridized carbons (Fsp3) is 1.00. The Morgan fingerprint density at radius 3 is 2.83 bits per heavy atom. The van der Waals surface area contributed by atoms with Gasteiger partial charge in [0.15, 0.2) is 0 Å². The van der Waals surface area contributed by atoms with Gasteiger partial charge in [0.25, 0.3) is 0 Å². The molecule has 3 heteroatoms. The van der Waals surface area contributed by atoms with E-state index in [1.165, 1.54) is 12.2 Å². The molecular weight excluding hydrogens is 170 g/mol. The lowest BCUT2D eigenvalue weighted by atomic mass is 9.79. The van der Waals surface area contributed by atoms with Gasteiger partial charge in [-0.3, -0.25) is 0 Å². The summed E-state index contributed by atoms with van der Waals surface area (Å²) in [6.45, 7) is 3.82. The van der Waals surface area contributed by atoms with Crippen molar-refractivity contribution in [2.45, 2.75) is 25.9 Å². The SMILES string of the molecule is CSCCC1(CN)CCOC1C. The second-order valence-corrected chi connectivity index (χ2v) is 4.56. The van der Waals surface area contributed by atoms with Gasteiger partial charge in [0, 0.05) is 18.6 Å². The van der Waals surface area contributed by atoms with Crippen molar-refractivity contribution in [2.75, 3.05) is 25.2 Å². The van der Waals surface area contributed by atoms with Gasteiger partial charge in [-0.05, 0) is 31.8 Å². The second-order valence-electron chi connectivity index (χ2n) is 3.57. The van der Waals surface area contributed by atoms with E-state index in [0.29, 0.717) is 6.10 Å². The van der Waals surface area contributed by atoms with Crippen molar-refractivity contribution in [3.8, 4) is 0 Å². The van der Waals surface area contributed by atoms with Gasteiger partial charge in [0.1, 0.15) is 0 Å². The monoisotopic (exact) mass is 189 g/mol. The third-order valence-corrected chi connectivity index (χ3v) is 3.65. The summed E-state index contributed by atoms with van der Waals surface area (Å²) in [7, 11) is 0. The van der Waals surface area contributed by atoms with Crippen molar-refractivity contribution in [3.05, 3.63) is 0 Å². The van der Waals surface area contributed by atoms with Gasteiger partial charge in [0.2, 0.25) is 0 Å². The molecule has 0 spiro atoms. The fourth-order valence-corrected chi connectivity index (χ4v) is 2.43. The zero-order chi connectivity index (χ0) is 9.03. The topological polar surface area (TPSA) is 35.2 Å². The quantitative estimate of drug-likeness (QED) is 0.728. The smallest absolute Gasteiger partial charge is 0.0616 e. The molecular formula is C9H19NOS. The number of hydrogen-bond donors (Lipinski definition) is 1. The van der Waals surface area contributed by atoms with E-state index in [0.717, 1.165) is 19.6 Å². The summed E-state index contributed by atoms with van der Waals surface area (Å²) in [6, 6.07) is 0. The van der Waals surface area contributed by atoms with Crippen molar-refractivity contribution >= 4 is 11.8 Å². The Kier molecular flexibility index (Phi) is 3.87. The Hall–Kier alpha value is 0.270. The molecule has 2 nitrogen and oxygen atoms in total. The molecule has 2 atom stereocenters. The molecule has 0 saturated carbocycles. The summed E-state index contributed by atoms with van der Waals surface area (Å²) in [5.41, 5.74) is 6.09. The average molecular weight is 189 g/mol. The maximum atomic E-state index is 5.81. The summed E-state index contributed by atoms with van der Waals surface area (Å²) in [5, 5.41) is 0. The van der Waals surface area contributed by atoms with Crippen LogP contribution < -0.4 is 5.73 Å². The Morgan fingerprint density at radius 2 is 2.42 bits per heavy atom. The molecule has 1 fully saturated rings. The first kappa shape index (κ1) is 10.4. The molecule has 1 aliphatic heterocycles. The minimum atomic E-state index is 0.281. The van der Waals surface area contributed by atoms with Crippen molar-refractivity contribution < 1.29 is 4.74 Å². The van der Waals surface area contributed by atoms with Crippen LogP contribution in [0.3, 0.4) is 0 Å². The average Bonchev–Trinajstić information content (AvgIpc) is 2.45. The van der Waals surface area contributed by atoms with E-state index in [-0.39, 0.29) is 5.41 Å². The van der Waals surface area contributed by atoms with Crippen LogP contribution in [-0.2, 0) is 4.74 Å². The lowest BCUT2D eigenvalue weighted by Gasteiger charge is -2.30. The van der Waals surface area contributed by atoms with Crippen LogP contribution in [0, 0.1) is 5.41 Å². The molecule has 1 saturated heterocycles. The van der Waals surface area contributed by atoms with Gasteiger partial charge in [-0.25, -0.2) is 0 Å². The number of rotatable bonds is 4. The largest absolute Gasteiger partial charge is 0.378 e. The second kappa shape index (κ2) is 4.49. The molecule has 1 heterocycles. The van der Waals surface area contributed by atoms with Crippen LogP contribution in [0.15, 0.2) is 0 Å². The molecule has 72 valence electrons. The van der Waals surface area contributed by atoms with Gasteiger partial charge in [-0.15, -0.1) is 0 Å². The van der Waals surface area contributed by atoms with E-state index in [9.17, 15) is 0 Å². The maximum absolute atomic E-state index is 5.81. The van der Waals surface area contributed by atoms with E-state index in [4.69, 9.17) is 10.5 Å². The van der Waals surface area contributed by atoms with Crippen LogP contribution in [0.2, 0.25) is 0 Å². The van der Waals surface area contributed by atoms with Gasteiger partial charge >= 0.3 is 0 Å². The highest BCUT2D eigenvalue weighted by molar-refractivity contribution is 7.98. The lowest BCUT2D eigenvalue weighted by molar-refractivity contribution is 0.0660. The summed E-state index contributed by atoms with van der Waals surface area (Å²) in [4.78, 5) is 0. The van der Waals surface area contributed by atoms with Gasteiger partial charge in [0.05, 0.1) is 6.10 Å². The molecule has 0 amide bonds. The minimum Gasteiger partial charge on any atom is -0.378 e. The number of thioether (sulfide) groups is 1. The van der Waals surface area contributed by atoms with E-state index in [1.807, 2.05) is 11.8 Å². The molecule has 0 bridgehead atoms. The van der Waals surface area contributed by atoms with Crippen molar-refractivity contribution in [2.24, 2.45) is 11.1 Å². The van der Waals surface area contributed by atoms with Crippen LogP contribution in [-0.4, -0.2) is 31.3 Å². The van der Waals surface area contributed by atoms with Crippen LogP contribution >= 0.6 is 11.8 Å². The van der Waals surface area contributed by atoms with Crippen LogP contribution in [0.25, 0.3) is 0 Å². The van der Waals surface area contributed by atoms with Crippen LogP contribution in [0.1, 0.15) is 19.8 Å². The maximum Gasteiger partial charge on any atom is 0.0616 e. The van der Waals surface area contributed by atoms with Crippen molar-refractivity contribution in [3.63, 3.8) is 0 Å². The van der Waals surface area contributed by atoms with E-state index in [2.05, 4.69) is 13.2 Å². The minimum absolute atomic E-state index is 0.281. The molecule has 0 aliphatic carbocycles. The third-order valence-electron chi connectivity index (χ3n) is 3.04. The highest BCUT2D eigenvalue weighted by atomic mass is 32.2. The predicted octanol–water partition coefficient (Wildman–Crippen LogP) is 1.49. The predicted molar refractivity (Wildman–Crippen MR) is 54.5 cm³/mol. The Balaban J connectivity index is 2.49. The van der Waals surface area contributed by atoms with E-state index in [1.54, 1.807) is 0 Å². The zero-order valence-corrected chi connectivity index (χ0v) is 8.82. The van der Waals surface area contributed by atoms with Crippen LogP contribution in [0.5, 0.6) is 0 Å². The normalized spacial score (nSPS) is 35.8. The first-order valence-electron chi connectivity index (χ1n) is 4.56. The third kappa shape index (κ3) is 1.95. The Labute approximate surface area is 79.2 Å². The van der Waals surface area contributed by atoms with E-state index < -0.39 is 0 Å². The zero-order valence-electron chi connectivity index (χ0n) is 8.01. The number of ether oxygens (including phenoxy) is 1. The number of hydrogen-bond acceptors (Lipinski definition) is 3. The first-order chi connectivity index (χ1) is 5.75. The standard InChI is InChI=1S/C9H19NOS/c1-8-9(7-10,3-5-11-8)4-6-12-2/h8H,3-7,10H2,1-2H3. The molecule has 2 unspecified atom stereocenters. The molecule has 1 rings (SSSR count). The van der Waals surface area contributed by atoms with Gasteiger partial charge in [-0.1, -0.05) is 0 Å². The molecule has 12 heavy (non-hydrogen) atoms. The molecule has 0 aromatic rings. The summed E-state index contributed by atoms with van der Waals surface area (Å²) >= 11 is 1.89. The Bertz CT molecular complexity index is 142. The van der Waals surface area contributed by atoms with Crippen molar-refractivity contribution in [1.82, 2.24) is 0 Å². The fourth-order valence-electron chi connectivity index (χ4n) is 1.82. The summed E-state index contributed by atoms with van der Waals surface area (Å²) < 4.78 is 5.57. The first-order valence-corrected chi connectivity index (χ1v) is 5.95. The van der Waals surface area contributed by atoms with Crippen LogP contribution in [0.4, 0.5) is 0 Å². The highest BCUT2D eigenvalue weighted by Gasteiger charge is 2.39. The molecule has 1 aliphatic rings. The molecule has 2 N–H and O–H groups in total. The lowest BCUT2D eigenvalue weighted by Crippen LogP contribution is -2.37. The molecule has 0 aromatic carbocycles.